The molecule has 1 aromatic heterocycles. The maximum atomic E-state index is 12.6. The normalized spacial score (nSPS) is 13.3. The van der Waals surface area contributed by atoms with Gasteiger partial charge >= 0.3 is 0 Å². The van der Waals surface area contributed by atoms with E-state index in [1.165, 1.54) is 7.11 Å². The predicted octanol–water partition coefficient (Wildman–Crippen LogP) is 2.94. The highest BCUT2D eigenvalue weighted by Crippen LogP contribution is 2.36. The van der Waals surface area contributed by atoms with Gasteiger partial charge in [-0.1, -0.05) is 0 Å². The van der Waals surface area contributed by atoms with Crippen LogP contribution in [0.3, 0.4) is 0 Å². The minimum Gasteiger partial charge on any atom is -0.497 e. The second-order valence-electron chi connectivity index (χ2n) is 6.28. The fourth-order valence-electron chi connectivity index (χ4n) is 2.84. The largest absolute Gasteiger partial charge is 0.497 e. The second-order valence-corrected chi connectivity index (χ2v) is 6.28. The highest BCUT2D eigenvalue weighted by atomic mass is 16.5. The van der Waals surface area contributed by atoms with E-state index >= 15 is 0 Å². The number of nitrogens with one attached hydrogen (secondary N) is 1. The van der Waals surface area contributed by atoms with E-state index < -0.39 is 0 Å². The molecule has 0 bridgehead atoms. The van der Waals surface area contributed by atoms with Gasteiger partial charge in [0, 0.05) is 17.3 Å². The molecule has 0 aliphatic heterocycles. The standard InChI is InChI=1S/C19H19N5O3/c1-26-15-9-10-16(17(11-15)27-2)19(25)20-13-5-3-12(4-6-13)18-21-22-23-24(18)14-7-8-14/h3-6,9-11,14H,7-8H2,1-2H3,(H,20,25). The molecule has 3 aromatic rings. The first kappa shape index (κ1) is 17.0. The van der Waals surface area contributed by atoms with Gasteiger partial charge in [0.2, 0.25) is 0 Å². The quantitative estimate of drug-likeness (QED) is 0.722. The van der Waals surface area contributed by atoms with Crippen molar-refractivity contribution in [1.82, 2.24) is 20.2 Å². The van der Waals surface area contributed by atoms with Crippen molar-refractivity contribution < 1.29 is 14.3 Å². The number of carbonyl (C=O) groups is 1. The van der Waals surface area contributed by atoms with Gasteiger partial charge in [0.25, 0.3) is 5.91 Å². The molecule has 0 radical (unpaired) electrons. The number of hydrogen-bond donors (Lipinski definition) is 1. The van der Waals surface area contributed by atoms with Crippen LogP contribution in [0.1, 0.15) is 29.2 Å². The van der Waals surface area contributed by atoms with Gasteiger partial charge in [0.05, 0.1) is 25.8 Å². The van der Waals surface area contributed by atoms with Crippen molar-refractivity contribution in [3.8, 4) is 22.9 Å². The summed E-state index contributed by atoms with van der Waals surface area (Å²) in [5, 5.41) is 14.8. The molecule has 1 saturated carbocycles. The molecule has 1 heterocycles. The van der Waals surface area contributed by atoms with E-state index in [9.17, 15) is 4.79 Å². The molecule has 8 nitrogen and oxygen atoms in total. The molecule has 0 saturated heterocycles. The maximum Gasteiger partial charge on any atom is 0.259 e. The minimum atomic E-state index is -0.259. The molecule has 0 unspecified atom stereocenters. The molecular weight excluding hydrogens is 346 g/mol. The summed E-state index contributed by atoms with van der Waals surface area (Å²) in [6, 6.07) is 12.9. The number of aromatic nitrogens is 4. The van der Waals surface area contributed by atoms with Crippen molar-refractivity contribution in [1.29, 1.82) is 0 Å². The van der Waals surface area contributed by atoms with Crippen LogP contribution in [-0.2, 0) is 0 Å². The van der Waals surface area contributed by atoms with Crippen molar-refractivity contribution >= 4 is 11.6 Å². The van der Waals surface area contributed by atoms with Crippen LogP contribution >= 0.6 is 0 Å². The van der Waals surface area contributed by atoms with Crippen LogP contribution in [0.5, 0.6) is 11.5 Å². The summed E-state index contributed by atoms with van der Waals surface area (Å²) in [5.41, 5.74) is 2.01. The van der Waals surface area contributed by atoms with E-state index in [1.807, 2.05) is 28.9 Å². The van der Waals surface area contributed by atoms with Crippen LogP contribution in [0.2, 0.25) is 0 Å². The molecule has 138 valence electrons. The zero-order chi connectivity index (χ0) is 18.8. The van der Waals surface area contributed by atoms with Gasteiger partial charge in [0.15, 0.2) is 5.82 Å². The fraction of sp³-hybridized carbons (Fsp3) is 0.263. The Hall–Kier alpha value is -3.42. The number of methoxy groups -OCH3 is 2. The lowest BCUT2D eigenvalue weighted by Crippen LogP contribution is -2.13. The third kappa shape index (κ3) is 3.46. The topological polar surface area (TPSA) is 91.2 Å². The number of benzene rings is 2. The number of hydrogen-bond acceptors (Lipinski definition) is 6. The second kappa shape index (κ2) is 7.06. The summed E-state index contributed by atoms with van der Waals surface area (Å²) in [6.07, 6.45) is 2.21. The van der Waals surface area contributed by atoms with Gasteiger partial charge in [0.1, 0.15) is 11.5 Å². The van der Waals surface area contributed by atoms with E-state index in [0.717, 1.165) is 24.2 Å². The van der Waals surface area contributed by atoms with Crippen molar-refractivity contribution in [2.45, 2.75) is 18.9 Å². The van der Waals surface area contributed by atoms with Crippen LogP contribution < -0.4 is 14.8 Å². The lowest BCUT2D eigenvalue weighted by molar-refractivity contribution is 0.102. The van der Waals surface area contributed by atoms with Crippen LogP contribution in [0.25, 0.3) is 11.4 Å². The van der Waals surface area contributed by atoms with E-state index in [-0.39, 0.29) is 5.91 Å². The summed E-state index contributed by atoms with van der Waals surface area (Å²) in [5.74, 6) is 1.56. The molecule has 1 fully saturated rings. The van der Waals surface area contributed by atoms with Crippen molar-refractivity contribution in [2.75, 3.05) is 19.5 Å². The number of amides is 1. The van der Waals surface area contributed by atoms with E-state index in [2.05, 4.69) is 20.8 Å². The zero-order valence-electron chi connectivity index (χ0n) is 15.0. The van der Waals surface area contributed by atoms with E-state index in [1.54, 1.807) is 25.3 Å². The maximum absolute atomic E-state index is 12.6. The molecule has 4 rings (SSSR count). The van der Waals surface area contributed by atoms with Gasteiger partial charge in [-0.25, -0.2) is 4.68 Å². The predicted molar refractivity (Wildman–Crippen MR) is 99.0 cm³/mol. The van der Waals surface area contributed by atoms with Gasteiger partial charge in [-0.2, -0.15) is 0 Å². The molecular formula is C19H19N5O3. The Labute approximate surface area is 156 Å². The van der Waals surface area contributed by atoms with Crippen LogP contribution in [0, 0.1) is 0 Å². The third-order valence-electron chi connectivity index (χ3n) is 4.44. The Balaban J connectivity index is 1.51. The number of tetrazole rings is 1. The van der Waals surface area contributed by atoms with Crippen LogP contribution in [0.15, 0.2) is 42.5 Å². The van der Waals surface area contributed by atoms with Crippen molar-refractivity contribution in [3.05, 3.63) is 48.0 Å². The van der Waals surface area contributed by atoms with Gasteiger partial charge in [-0.15, -0.1) is 5.10 Å². The first-order valence-electron chi connectivity index (χ1n) is 8.61. The first-order valence-corrected chi connectivity index (χ1v) is 8.61. The smallest absolute Gasteiger partial charge is 0.259 e. The number of nitrogens with zero attached hydrogens (tertiary/aromatic N) is 4. The van der Waals surface area contributed by atoms with Gasteiger partial charge < -0.3 is 14.8 Å². The molecule has 8 heteroatoms. The van der Waals surface area contributed by atoms with E-state index in [0.29, 0.717) is 28.8 Å². The SMILES string of the molecule is COc1ccc(C(=O)Nc2ccc(-c3nnnn3C3CC3)cc2)c(OC)c1. The Bertz CT molecular complexity index is 964. The number of anilines is 1. The molecule has 27 heavy (non-hydrogen) atoms. The monoisotopic (exact) mass is 365 g/mol. The highest BCUT2D eigenvalue weighted by molar-refractivity contribution is 6.06. The number of ether oxygens (including phenoxy) is 2. The van der Waals surface area contributed by atoms with Gasteiger partial charge in [-0.3, -0.25) is 4.79 Å². The average molecular weight is 365 g/mol. The summed E-state index contributed by atoms with van der Waals surface area (Å²) in [7, 11) is 3.08. The Morgan fingerprint density at radius 3 is 2.56 bits per heavy atom. The van der Waals surface area contributed by atoms with Crippen LogP contribution in [0.4, 0.5) is 5.69 Å². The summed E-state index contributed by atoms with van der Waals surface area (Å²) in [4.78, 5) is 12.6. The Kier molecular flexibility index (Phi) is 4.45. The molecule has 1 aliphatic rings. The summed E-state index contributed by atoms with van der Waals surface area (Å²) < 4.78 is 12.3. The molecule has 0 atom stereocenters. The van der Waals surface area contributed by atoms with E-state index in [4.69, 9.17) is 9.47 Å². The highest BCUT2D eigenvalue weighted by Gasteiger charge is 2.28. The summed E-state index contributed by atoms with van der Waals surface area (Å²) >= 11 is 0. The molecule has 0 spiro atoms. The minimum absolute atomic E-state index is 0.259. The lowest BCUT2D eigenvalue weighted by Gasteiger charge is -2.11. The Morgan fingerprint density at radius 1 is 1.11 bits per heavy atom. The molecule has 1 amide bonds. The third-order valence-corrected chi connectivity index (χ3v) is 4.44. The van der Waals surface area contributed by atoms with Crippen molar-refractivity contribution in [2.24, 2.45) is 0 Å². The Morgan fingerprint density at radius 2 is 1.89 bits per heavy atom. The van der Waals surface area contributed by atoms with Crippen molar-refractivity contribution in [3.63, 3.8) is 0 Å². The molecule has 1 aliphatic carbocycles. The fourth-order valence-corrected chi connectivity index (χ4v) is 2.84. The lowest BCUT2D eigenvalue weighted by atomic mass is 10.1. The van der Waals surface area contributed by atoms with Crippen LogP contribution in [-0.4, -0.2) is 40.3 Å². The average Bonchev–Trinajstić information content (AvgIpc) is 3.44. The zero-order valence-corrected chi connectivity index (χ0v) is 15.0. The molecule has 1 N–H and O–H groups in total. The summed E-state index contributed by atoms with van der Waals surface area (Å²) in [6.45, 7) is 0. The number of rotatable bonds is 6. The first-order chi connectivity index (χ1) is 13.2. The molecule has 2 aromatic carbocycles. The van der Waals surface area contributed by atoms with Gasteiger partial charge in [-0.05, 0) is 59.7 Å². The number of carbonyl (C=O) groups excluding carboxylic acids is 1.